The van der Waals surface area contributed by atoms with Crippen LogP contribution in [0.25, 0.3) is 0 Å². The molecule has 0 radical (unpaired) electrons. The topological polar surface area (TPSA) is 17.1 Å². The number of carbonyl (C=O) groups is 1. The first-order chi connectivity index (χ1) is 9.54. The Hall–Kier alpha value is -0.840. The first kappa shape index (κ1) is 15.5. The van der Waals surface area contributed by atoms with Crippen molar-refractivity contribution in [1.29, 1.82) is 0 Å². The maximum Gasteiger partial charge on any atom is 0.147 e. The first-order valence-electron chi connectivity index (χ1n) is 5.88. The molecule has 2 aromatic rings. The van der Waals surface area contributed by atoms with E-state index in [9.17, 15) is 9.18 Å². The molecule has 1 nitrogen and oxygen atoms in total. The Bertz CT molecular complexity index is 633. The van der Waals surface area contributed by atoms with Gasteiger partial charge < -0.3 is 0 Å². The highest BCUT2D eigenvalue weighted by Gasteiger charge is 2.08. The van der Waals surface area contributed by atoms with Crippen LogP contribution >= 0.6 is 39.3 Å². The molecule has 0 bridgehead atoms. The van der Waals surface area contributed by atoms with E-state index in [1.807, 2.05) is 12.1 Å². The number of hydrogen-bond acceptors (Lipinski definition) is 2. The van der Waals surface area contributed by atoms with Crippen LogP contribution in [0.4, 0.5) is 4.39 Å². The van der Waals surface area contributed by atoms with Crippen molar-refractivity contribution in [2.75, 3.05) is 5.75 Å². The number of halogens is 3. The average Bonchev–Trinajstić information content (AvgIpc) is 2.40. The minimum atomic E-state index is -0.293. The minimum Gasteiger partial charge on any atom is -0.298 e. The Labute approximate surface area is 134 Å². The second-order valence-electron chi connectivity index (χ2n) is 4.20. The highest BCUT2D eigenvalue weighted by molar-refractivity contribution is 9.10. The standard InChI is InChI=1S/C15H11BrClFOS/c16-11-5-4-10(15(17)7-11)6-13(19)9-20-14-3-1-2-12(18)8-14/h1-5,7-8H,6,9H2. The van der Waals surface area contributed by atoms with Crippen LogP contribution in [0, 0.1) is 5.82 Å². The molecule has 0 aromatic heterocycles. The molecule has 5 heteroatoms. The predicted molar refractivity (Wildman–Crippen MR) is 85.0 cm³/mol. The Morgan fingerprint density at radius 2 is 2.05 bits per heavy atom. The van der Waals surface area contributed by atoms with Crippen LogP contribution < -0.4 is 0 Å². The summed E-state index contributed by atoms with van der Waals surface area (Å²) in [5, 5.41) is 0.573. The molecule has 0 saturated heterocycles. The van der Waals surface area contributed by atoms with E-state index in [0.717, 1.165) is 14.9 Å². The summed E-state index contributed by atoms with van der Waals surface area (Å²) >= 11 is 10.7. The van der Waals surface area contributed by atoms with Crippen LogP contribution in [0.15, 0.2) is 51.8 Å². The Kier molecular flexibility index (Phi) is 5.64. The van der Waals surface area contributed by atoms with Gasteiger partial charge in [0.15, 0.2) is 0 Å². The summed E-state index contributed by atoms with van der Waals surface area (Å²) in [6.07, 6.45) is 0.286. The lowest BCUT2D eigenvalue weighted by molar-refractivity contribution is -0.116. The summed E-state index contributed by atoms with van der Waals surface area (Å²) in [7, 11) is 0. The molecule has 0 atom stereocenters. The lowest BCUT2D eigenvalue weighted by atomic mass is 10.1. The van der Waals surface area contributed by atoms with Gasteiger partial charge in [-0.1, -0.05) is 39.7 Å². The van der Waals surface area contributed by atoms with Gasteiger partial charge in [-0.2, -0.15) is 0 Å². The molecular weight excluding hydrogens is 363 g/mol. The molecule has 104 valence electrons. The summed E-state index contributed by atoms with van der Waals surface area (Å²) < 4.78 is 13.9. The molecule has 2 aromatic carbocycles. The van der Waals surface area contributed by atoms with Gasteiger partial charge in [-0.15, -0.1) is 11.8 Å². The Balaban J connectivity index is 1.92. The number of ketones is 1. The number of benzene rings is 2. The number of carbonyl (C=O) groups excluding carboxylic acids is 1. The molecule has 0 unspecified atom stereocenters. The molecule has 0 aliphatic carbocycles. The molecule has 0 N–H and O–H groups in total. The van der Waals surface area contributed by atoms with Crippen molar-refractivity contribution in [1.82, 2.24) is 0 Å². The van der Waals surface area contributed by atoms with E-state index in [2.05, 4.69) is 15.9 Å². The number of rotatable bonds is 5. The van der Waals surface area contributed by atoms with Crippen LogP contribution in [-0.4, -0.2) is 11.5 Å². The van der Waals surface area contributed by atoms with E-state index in [4.69, 9.17) is 11.6 Å². The van der Waals surface area contributed by atoms with Crippen molar-refractivity contribution < 1.29 is 9.18 Å². The summed E-state index contributed by atoms with van der Waals surface area (Å²) in [6.45, 7) is 0. The third kappa shape index (κ3) is 4.62. The average molecular weight is 374 g/mol. The van der Waals surface area contributed by atoms with Crippen molar-refractivity contribution in [2.24, 2.45) is 0 Å². The van der Waals surface area contributed by atoms with Gasteiger partial charge in [-0.3, -0.25) is 4.79 Å². The van der Waals surface area contributed by atoms with E-state index in [-0.39, 0.29) is 18.0 Å². The molecule has 0 spiro atoms. The summed E-state index contributed by atoms with van der Waals surface area (Å²) in [4.78, 5) is 12.7. The smallest absolute Gasteiger partial charge is 0.147 e. The molecule has 20 heavy (non-hydrogen) atoms. The minimum absolute atomic E-state index is 0.0588. The molecule has 0 heterocycles. The molecule has 2 rings (SSSR count). The molecule has 0 amide bonds. The Morgan fingerprint density at radius 1 is 1.25 bits per heavy atom. The molecule has 0 fully saturated rings. The summed E-state index contributed by atoms with van der Waals surface area (Å²) in [5.74, 6) is 0.0671. The maximum absolute atomic E-state index is 13.0. The SMILES string of the molecule is O=C(CSc1cccc(F)c1)Cc1ccc(Br)cc1Cl. The molecular formula is C15H11BrClFOS. The van der Waals surface area contributed by atoms with Crippen molar-refractivity contribution in [3.63, 3.8) is 0 Å². The fourth-order valence-corrected chi connectivity index (χ4v) is 3.19. The predicted octanol–water partition coefficient (Wildman–Crippen LogP) is 5.15. The molecule has 0 saturated carbocycles. The second-order valence-corrected chi connectivity index (χ2v) is 6.57. The zero-order valence-corrected chi connectivity index (χ0v) is 13.6. The van der Waals surface area contributed by atoms with Gasteiger partial charge in [0.05, 0.1) is 5.75 Å². The van der Waals surface area contributed by atoms with Crippen molar-refractivity contribution in [3.8, 4) is 0 Å². The largest absolute Gasteiger partial charge is 0.298 e. The zero-order valence-electron chi connectivity index (χ0n) is 10.4. The van der Waals surface area contributed by atoms with Gasteiger partial charge >= 0.3 is 0 Å². The highest BCUT2D eigenvalue weighted by atomic mass is 79.9. The third-order valence-electron chi connectivity index (χ3n) is 2.60. The fourth-order valence-electron chi connectivity index (χ4n) is 1.65. The second kappa shape index (κ2) is 7.25. The lowest BCUT2D eigenvalue weighted by Gasteiger charge is -2.05. The van der Waals surface area contributed by atoms with Gasteiger partial charge in [-0.05, 0) is 35.9 Å². The van der Waals surface area contributed by atoms with E-state index in [1.165, 1.54) is 23.9 Å². The number of Topliss-reactive ketones (excluding diaryl/α,β-unsaturated/α-hetero) is 1. The van der Waals surface area contributed by atoms with Crippen molar-refractivity contribution in [2.45, 2.75) is 11.3 Å². The number of thioether (sulfide) groups is 1. The first-order valence-corrected chi connectivity index (χ1v) is 8.04. The summed E-state index contributed by atoms with van der Waals surface area (Å²) in [6, 6.07) is 11.7. The molecule has 0 aliphatic heterocycles. The van der Waals surface area contributed by atoms with Crippen LogP contribution in [0.1, 0.15) is 5.56 Å². The van der Waals surface area contributed by atoms with Crippen LogP contribution in [-0.2, 0) is 11.2 Å². The van der Waals surface area contributed by atoms with E-state index in [0.29, 0.717) is 10.8 Å². The van der Waals surface area contributed by atoms with Crippen LogP contribution in [0.5, 0.6) is 0 Å². The van der Waals surface area contributed by atoms with Gasteiger partial charge in [0.25, 0.3) is 0 Å². The fraction of sp³-hybridized carbons (Fsp3) is 0.133. The van der Waals surface area contributed by atoms with Gasteiger partial charge in [0.2, 0.25) is 0 Å². The lowest BCUT2D eigenvalue weighted by Crippen LogP contribution is -2.06. The monoisotopic (exact) mass is 372 g/mol. The number of hydrogen-bond donors (Lipinski definition) is 0. The third-order valence-corrected chi connectivity index (χ3v) is 4.50. The highest BCUT2D eigenvalue weighted by Crippen LogP contribution is 2.23. The van der Waals surface area contributed by atoms with E-state index in [1.54, 1.807) is 18.2 Å². The van der Waals surface area contributed by atoms with Gasteiger partial charge in [0, 0.05) is 20.8 Å². The summed E-state index contributed by atoms with van der Waals surface area (Å²) in [5.41, 5.74) is 0.805. The maximum atomic E-state index is 13.0. The van der Waals surface area contributed by atoms with Crippen LogP contribution in [0.3, 0.4) is 0 Å². The quantitative estimate of drug-likeness (QED) is 0.675. The Morgan fingerprint density at radius 3 is 2.75 bits per heavy atom. The van der Waals surface area contributed by atoms with Crippen molar-refractivity contribution in [3.05, 3.63) is 63.3 Å². The van der Waals surface area contributed by atoms with E-state index >= 15 is 0 Å². The van der Waals surface area contributed by atoms with Gasteiger partial charge in [-0.25, -0.2) is 4.39 Å². The normalized spacial score (nSPS) is 10.6. The van der Waals surface area contributed by atoms with E-state index < -0.39 is 0 Å². The molecule has 0 aliphatic rings. The van der Waals surface area contributed by atoms with Crippen molar-refractivity contribution >= 4 is 45.1 Å². The zero-order chi connectivity index (χ0) is 14.5. The van der Waals surface area contributed by atoms with Gasteiger partial charge in [0.1, 0.15) is 11.6 Å². The van der Waals surface area contributed by atoms with Crippen LogP contribution in [0.2, 0.25) is 5.02 Å².